The van der Waals surface area contributed by atoms with Gasteiger partial charge in [-0.3, -0.25) is 5.41 Å². The Balaban J connectivity index is 1.90. The lowest BCUT2D eigenvalue weighted by Crippen LogP contribution is -2.19. The summed E-state index contributed by atoms with van der Waals surface area (Å²) >= 11 is 0. The minimum absolute atomic E-state index is 0.0213. The first-order valence-electron chi connectivity index (χ1n) is 7.79. The Morgan fingerprint density at radius 3 is 2.56 bits per heavy atom. The summed E-state index contributed by atoms with van der Waals surface area (Å²) in [5.41, 5.74) is 6.79. The quantitative estimate of drug-likeness (QED) is 0.653. The molecule has 1 saturated heterocycles. The second-order valence-electron chi connectivity index (χ2n) is 5.77. The molecule has 132 valence electrons. The van der Waals surface area contributed by atoms with Crippen molar-refractivity contribution in [2.24, 2.45) is 0 Å². The number of alkyl halides is 3. The number of aromatic nitrogens is 1. The van der Waals surface area contributed by atoms with Crippen molar-refractivity contribution < 1.29 is 17.9 Å². The summed E-state index contributed by atoms with van der Waals surface area (Å²) in [6.45, 7) is 1.81. The maximum atomic E-state index is 12.4. The SMILES string of the molecule is N=C(c1ccnc(N2CCCC2)c1)c1cc(OC(F)(F)F)ccc1N. The summed E-state index contributed by atoms with van der Waals surface area (Å²) in [5.74, 6) is 0.344. The van der Waals surface area contributed by atoms with Gasteiger partial charge in [0.05, 0.1) is 5.71 Å². The number of ether oxygens (including phenoxy) is 1. The predicted molar refractivity (Wildman–Crippen MR) is 89.2 cm³/mol. The highest BCUT2D eigenvalue weighted by Gasteiger charge is 2.31. The Bertz CT molecular complexity index is 786. The van der Waals surface area contributed by atoms with Crippen LogP contribution in [0.1, 0.15) is 24.0 Å². The lowest BCUT2D eigenvalue weighted by atomic mass is 10.0. The van der Waals surface area contributed by atoms with E-state index in [0.717, 1.165) is 43.9 Å². The van der Waals surface area contributed by atoms with Gasteiger partial charge in [0.2, 0.25) is 0 Å². The van der Waals surface area contributed by atoms with Gasteiger partial charge < -0.3 is 15.4 Å². The number of benzene rings is 1. The Labute approximate surface area is 142 Å². The van der Waals surface area contributed by atoms with Crippen LogP contribution in [0.4, 0.5) is 24.7 Å². The van der Waals surface area contributed by atoms with E-state index < -0.39 is 12.1 Å². The number of halogens is 3. The summed E-state index contributed by atoms with van der Waals surface area (Å²) in [5, 5.41) is 8.34. The number of hydrogen-bond acceptors (Lipinski definition) is 5. The molecular weight excluding hydrogens is 333 g/mol. The largest absolute Gasteiger partial charge is 0.573 e. The first-order valence-corrected chi connectivity index (χ1v) is 7.79. The molecule has 25 heavy (non-hydrogen) atoms. The third-order valence-electron chi connectivity index (χ3n) is 3.99. The van der Waals surface area contributed by atoms with E-state index in [1.807, 2.05) is 0 Å². The molecule has 0 atom stereocenters. The molecule has 0 radical (unpaired) electrons. The Morgan fingerprint density at radius 2 is 1.88 bits per heavy atom. The molecule has 0 unspecified atom stereocenters. The molecule has 1 aliphatic heterocycles. The fourth-order valence-corrected chi connectivity index (χ4v) is 2.80. The molecule has 3 rings (SSSR count). The topological polar surface area (TPSA) is 75.2 Å². The van der Waals surface area contributed by atoms with Crippen molar-refractivity contribution in [3.8, 4) is 5.75 Å². The van der Waals surface area contributed by atoms with Crippen molar-refractivity contribution in [3.05, 3.63) is 47.7 Å². The highest BCUT2D eigenvalue weighted by molar-refractivity contribution is 6.14. The van der Waals surface area contributed by atoms with Crippen molar-refractivity contribution in [3.63, 3.8) is 0 Å². The Morgan fingerprint density at radius 1 is 1.16 bits per heavy atom. The van der Waals surface area contributed by atoms with Crippen molar-refractivity contribution in [2.45, 2.75) is 19.2 Å². The van der Waals surface area contributed by atoms with Gasteiger partial charge in [-0.15, -0.1) is 13.2 Å². The maximum absolute atomic E-state index is 12.4. The molecule has 2 heterocycles. The van der Waals surface area contributed by atoms with Crippen molar-refractivity contribution in [1.82, 2.24) is 4.98 Å². The lowest BCUT2D eigenvalue weighted by Gasteiger charge is -2.17. The van der Waals surface area contributed by atoms with Gasteiger partial charge in [-0.05, 0) is 43.2 Å². The zero-order chi connectivity index (χ0) is 18.0. The average molecular weight is 350 g/mol. The summed E-state index contributed by atoms with van der Waals surface area (Å²) in [6.07, 6.45) is -1.03. The maximum Gasteiger partial charge on any atom is 0.573 e. The highest BCUT2D eigenvalue weighted by atomic mass is 19.4. The van der Waals surface area contributed by atoms with Gasteiger partial charge in [-0.2, -0.15) is 0 Å². The van der Waals surface area contributed by atoms with E-state index in [-0.39, 0.29) is 17.0 Å². The van der Waals surface area contributed by atoms with Crippen LogP contribution >= 0.6 is 0 Å². The molecule has 2 aromatic rings. The average Bonchev–Trinajstić information content (AvgIpc) is 3.09. The Kier molecular flexibility index (Phi) is 4.52. The van der Waals surface area contributed by atoms with E-state index in [1.165, 1.54) is 6.07 Å². The van der Waals surface area contributed by atoms with Gasteiger partial charge in [0.15, 0.2) is 0 Å². The van der Waals surface area contributed by atoms with E-state index in [2.05, 4.69) is 14.6 Å². The van der Waals surface area contributed by atoms with Crippen molar-refractivity contribution in [1.29, 1.82) is 5.41 Å². The molecule has 0 spiro atoms. The molecule has 0 amide bonds. The van der Waals surface area contributed by atoms with E-state index in [0.29, 0.717) is 5.56 Å². The van der Waals surface area contributed by atoms with Crippen LogP contribution in [0.5, 0.6) is 5.75 Å². The second kappa shape index (κ2) is 6.62. The van der Waals surface area contributed by atoms with Gasteiger partial charge in [0.1, 0.15) is 11.6 Å². The standard InChI is InChI=1S/C17H17F3N4O/c18-17(19,20)25-12-3-4-14(21)13(10-12)16(22)11-5-6-23-15(9-11)24-7-1-2-8-24/h3-6,9-10,22H,1-2,7-8,21H2. The van der Waals surface area contributed by atoms with Gasteiger partial charge >= 0.3 is 6.36 Å². The highest BCUT2D eigenvalue weighted by Crippen LogP contribution is 2.28. The molecule has 1 aromatic heterocycles. The number of nitrogens with two attached hydrogens (primary N) is 1. The van der Waals surface area contributed by atoms with E-state index in [9.17, 15) is 13.2 Å². The molecular formula is C17H17F3N4O. The first-order chi connectivity index (χ1) is 11.8. The summed E-state index contributed by atoms with van der Waals surface area (Å²) in [7, 11) is 0. The minimum atomic E-state index is -4.80. The normalized spacial score (nSPS) is 14.6. The number of pyridine rings is 1. The number of hydrogen-bond donors (Lipinski definition) is 2. The summed E-state index contributed by atoms with van der Waals surface area (Å²) < 4.78 is 41.1. The van der Waals surface area contributed by atoms with Crippen LogP contribution in [0.3, 0.4) is 0 Å². The summed E-state index contributed by atoms with van der Waals surface area (Å²) in [4.78, 5) is 6.42. The molecule has 0 bridgehead atoms. The van der Waals surface area contributed by atoms with Gasteiger partial charge in [0.25, 0.3) is 0 Å². The molecule has 8 heteroatoms. The first kappa shape index (κ1) is 17.1. The smallest absolute Gasteiger partial charge is 0.406 e. The van der Waals surface area contributed by atoms with Crippen LogP contribution < -0.4 is 15.4 Å². The number of anilines is 2. The van der Waals surface area contributed by atoms with Gasteiger partial charge in [0, 0.05) is 36.1 Å². The molecule has 0 saturated carbocycles. The van der Waals surface area contributed by atoms with Crippen LogP contribution in [0.2, 0.25) is 0 Å². The van der Waals surface area contributed by atoms with E-state index in [1.54, 1.807) is 18.3 Å². The number of nitrogen functional groups attached to an aromatic ring is 1. The number of nitrogens with one attached hydrogen (secondary N) is 1. The van der Waals surface area contributed by atoms with Crippen LogP contribution in [-0.2, 0) is 0 Å². The predicted octanol–water partition coefficient (Wildman–Crippen LogP) is 3.58. The molecule has 0 aliphatic carbocycles. The number of rotatable bonds is 4. The second-order valence-corrected chi connectivity index (χ2v) is 5.77. The minimum Gasteiger partial charge on any atom is -0.406 e. The molecule has 1 fully saturated rings. The fraction of sp³-hybridized carbons (Fsp3) is 0.294. The van der Waals surface area contributed by atoms with Crippen LogP contribution in [-0.4, -0.2) is 30.1 Å². The molecule has 3 N–H and O–H groups in total. The monoisotopic (exact) mass is 350 g/mol. The van der Waals surface area contributed by atoms with Crippen LogP contribution in [0.25, 0.3) is 0 Å². The van der Waals surface area contributed by atoms with Crippen molar-refractivity contribution >= 4 is 17.2 Å². The zero-order valence-corrected chi connectivity index (χ0v) is 13.3. The molecule has 5 nitrogen and oxygen atoms in total. The van der Waals surface area contributed by atoms with E-state index >= 15 is 0 Å². The molecule has 1 aromatic carbocycles. The lowest BCUT2D eigenvalue weighted by molar-refractivity contribution is -0.274. The van der Waals surface area contributed by atoms with E-state index in [4.69, 9.17) is 11.1 Å². The third kappa shape index (κ3) is 4.01. The Hall–Kier alpha value is -2.77. The van der Waals surface area contributed by atoms with Gasteiger partial charge in [-0.25, -0.2) is 4.98 Å². The zero-order valence-electron chi connectivity index (χ0n) is 13.3. The van der Waals surface area contributed by atoms with Crippen LogP contribution in [0, 0.1) is 5.41 Å². The van der Waals surface area contributed by atoms with Crippen molar-refractivity contribution in [2.75, 3.05) is 23.7 Å². The van der Waals surface area contributed by atoms with Crippen LogP contribution in [0.15, 0.2) is 36.5 Å². The fourth-order valence-electron chi connectivity index (χ4n) is 2.80. The van der Waals surface area contributed by atoms with Gasteiger partial charge in [-0.1, -0.05) is 0 Å². The molecule has 1 aliphatic rings. The number of nitrogens with zero attached hydrogens (tertiary/aromatic N) is 2. The summed E-state index contributed by atoms with van der Waals surface area (Å²) in [6, 6.07) is 6.94. The third-order valence-corrected chi connectivity index (χ3v) is 3.99.